The van der Waals surface area contributed by atoms with Gasteiger partial charge < -0.3 is 11.1 Å². The van der Waals surface area contributed by atoms with E-state index in [0.717, 1.165) is 54.7 Å². The molecular formula is C22H28N6O2S. The number of nitrogens with zero attached hydrogens (tertiary/aromatic N) is 4. The first-order chi connectivity index (χ1) is 14.7. The Morgan fingerprint density at radius 2 is 1.87 bits per heavy atom. The highest BCUT2D eigenvalue weighted by atomic mass is 32.2. The number of benzene rings is 1. The number of hydrogen-bond donors (Lipinski definition) is 2. The number of hydrogen-bond acceptors (Lipinski definition) is 8. The van der Waals surface area contributed by atoms with E-state index in [1.54, 1.807) is 18.2 Å². The number of piperidine rings is 1. The highest BCUT2D eigenvalue weighted by molar-refractivity contribution is 7.90. The molecule has 1 saturated heterocycles. The van der Waals surface area contributed by atoms with Crippen molar-refractivity contribution in [1.29, 1.82) is 0 Å². The van der Waals surface area contributed by atoms with E-state index in [2.05, 4.69) is 25.2 Å². The monoisotopic (exact) mass is 440 g/mol. The molecule has 164 valence electrons. The number of aryl methyl sites for hydroxylation is 2. The zero-order valence-electron chi connectivity index (χ0n) is 18.1. The first-order valence-corrected chi connectivity index (χ1v) is 12.3. The fraction of sp³-hybridized carbons (Fsp3) is 0.409. The molecule has 1 aliphatic heterocycles. The second-order valence-corrected chi connectivity index (χ2v) is 10.3. The summed E-state index contributed by atoms with van der Waals surface area (Å²) in [5.41, 5.74) is 9.75. The molecule has 0 spiro atoms. The van der Waals surface area contributed by atoms with Crippen LogP contribution in [0, 0.1) is 13.8 Å². The summed E-state index contributed by atoms with van der Waals surface area (Å²) in [5, 5.41) is 4.23. The topological polar surface area (TPSA) is 114 Å². The number of nitrogens with two attached hydrogens (primary N) is 1. The summed E-state index contributed by atoms with van der Waals surface area (Å²) in [7, 11) is -3.19. The third-order valence-corrected chi connectivity index (χ3v) is 6.78. The van der Waals surface area contributed by atoms with Crippen molar-refractivity contribution < 1.29 is 8.42 Å². The number of rotatable bonds is 5. The Bertz CT molecular complexity index is 1220. The van der Waals surface area contributed by atoms with E-state index in [9.17, 15) is 8.42 Å². The van der Waals surface area contributed by atoms with Crippen molar-refractivity contribution in [2.75, 3.05) is 30.4 Å². The Hall–Kier alpha value is -2.78. The number of fused-ring (bicyclic) bond motifs is 1. The van der Waals surface area contributed by atoms with Crippen molar-refractivity contribution in [3.8, 4) is 0 Å². The van der Waals surface area contributed by atoms with Crippen molar-refractivity contribution in [2.45, 2.75) is 44.2 Å². The molecule has 0 amide bonds. The number of aromatic nitrogens is 3. The number of nitrogen functional groups attached to an aromatic ring is 1. The van der Waals surface area contributed by atoms with Gasteiger partial charge in [-0.05, 0) is 56.0 Å². The van der Waals surface area contributed by atoms with Gasteiger partial charge in [-0.1, -0.05) is 12.1 Å². The lowest BCUT2D eigenvalue weighted by atomic mass is 10.0. The SMILES string of the molecule is Cc1cc(C)c2c(N)nc(NC3CCN(Cc4cccc(S(C)(=O)=O)c4)CC3)nc2n1. The molecule has 2 aromatic heterocycles. The van der Waals surface area contributed by atoms with Crippen LogP contribution in [0.3, 0.4) is 0 Å². The van der Waals surface area contributed by atoms with E-state index < -0.39 is 9.84 Å². The van der Waals surface area contributed by atoms with Gasteiger partial charge in [0.2, 0.25) is 5.95 Å². The van der Waals surface area contributed by atoms with E-state index in [-0.39, 0.29) is 6.04 Å². The standard InChI is InChI=1S/C22H28N6O2S/c1-14-11-15(2)24-21-19(14)20(23)26-22(27-21)25-17-7-9-28(10-8-17)13-16-5-4-6-18(12-16)31(3,29)30/h4-6,11-12,17H,7-10,13H2,1-3H3,(H3,23,24,25,26,27). The van der Waals surface area contributed by atoms with Crippen LogP contribution in [0.15, 0.2) is 35.2 Å². The molecule has 3 heterocycles. The zero-order chi connectivity index (χ0) is 22.2. The minimum Gasteiger partial charge on any atom is -0.383 e. The lowest BCUT2D eigenvalue weighted by molar-refractivity contribution is 0.211. The van der Waals surface area contributed by atoms with Gasteiger partial charge in [0.1, 0.15) is 5.82 Å². The van der Waals surface area contributed by atoms with Crippen molar-refractivity contribution in [3.05, 3.63) is 47.2 Å². The first-order valence-electron chi connectivity index (χ1n) is 10.4. The normalized spacial score (nSPS) is 16.0. The van der Waals surface area contributed by atoms with E-state index >= 15 is 0 Å². The molecule has 31 heavy (non-hydrogen) atoms. The van der Waals surface area contributed by atoms with E-state index in [0.29, 0.717) is 22.3 Å². The lowest BCUT2D eigenvalue weighted by Gasteiger charge is -2.32. The van der Waals surface area contributed by atoms with Crippen LogP contribution in [0.4, 0.5) is 11.8 Å². The highest BCUT2D eigenvalue weighted by Crippen LogP contribution is 2.24. The number of likely N-dealkylation sites (tertiary alicyclic amines) is 1. The third-order valence-electron chi connectivity index (χ3n) is 5.67. The van der Waals surface area contributed by atoms with Crippen molar-refractivity contribution in [2.24, 2.45) is 0 Å². The largest absolute Gasteiger partial charge is 0.383 e. The molecule has 9 heteroatoms. The van der Waals surface area contributed by atoms with Gasteiger partial charge in [-0.15, -0.1) is 0 Å². The number of pyridine rings is 1. The minimum absolute atomic E-state index is 0.251. The van der Waals surface area contributed by atoms with Gasteiger partial charge >= 0.3 is 0 Å². The Morgan fingerprint density at radius 3 is 2.58 bits per heavy atom. The van der Waals surface area contributed by atoms with Gasteiger partial charge in [-0.25, -0.2) is 13.4 Å². The summed E-state index contributed by atoms with van der Waals surface area (Å²) in [4.78, 5) is 16.3. The van der Waals surface area contributed by atoms with Gasteiger partial charge in [0.05, 0.1) is 10.3 Å². The summed E-state index contributed by atoms with van der Waals surface area (Å²) < 4.78 is 23.6. The van der Waals surface area contributed by atoms with Crippen LogP contribution in [-0.4, -0.2) is 53.7 Å². The molecule has 1 aliphatic rings. The fourth-order valence-electron chi connectivity index (χ4n) is 4.13. The molecular weight excluding hydrogens is 412 g/mol. The van der Waals surface area contributed by atoms with Gasteiger partial charge in [-0.2, -0.15) is 9.97 Å². The molecule has 0 atom stereocenters. The van der Waals surface area contributed by atoms with Crippen LogP contribution >= 0.6 is 0 Å². The summed E-state index contributed by atoms with van der Waals surface area (Å²) >= 11 is 0. The average Bonchev–Trinajstić information content (AvgIpc) is 2.68. The Labute approximate surface area is 182 Å². The van der Waals surface area contributed by atoms with Crippen LogP contribution in [0.2, 0.25) is 0 Å². The van der Waals surface area contributed by atoms with Crippen LogP contribution in [0.5, 0.6) is 0 Å². The molecule has 0 unspecified atom stereocenters. The molecule has 3 N–H and O–H groups in total. The molecule has 8 nitrogen and oxygen atoms in total. The van der Waals surface area contributed by atoms with Crippen LogP contribution < -0.4 is 11.1 Å². The molecule has 0 radical (unpaired) electrons. The molecule has 0 bridgehead atoms. The molecule has 3 aromatic rings. The van der Waals surface area contributed by atoms with E-state index in [4.69, 9.17) is 5.73 Å². The number of nitrogens with one attached hydrogen (secondary N) is 1. The van der Waals surface area contributed by atoms with E-state index in [1.807, 2.05) is 26.0 Å². The van der Waals surface area contributed by atoms with Gasteiger partial charge in [-0.3, -0.25) is 4.90 Å². The summed E-state index contributed by atoms with van der Waals surface area (Å²) in [6.45, 7) is 6.48. The predicted molar refractivity (Wildman–Crippen MR) is 123 cm³/mol. The third kappa shape index (κ3) is 4.94. The van der Waals surface area contributed by atoms with Crippen molar-refractivity contribution >= 4 is 32.6 Å². The van der Waals surface area contributed by atoms with Crippen LogP contribution in [0.1, 0.15) is 29.7 Å². The number of sulfone groups is 1. The Morgan fingerprint density at radius 1 is 1.13 bits per heavy atom. The molecule has 4 rings (SSSR count). The number of anilines is 2. The first kappa shape index (κ1) is 21.5. The second-order valence-electron chi connectivity index (χ2n) is 8.33. The molecule has 0 saturated carbocycles. The van der Waals surface area contributed by atoms with Crippen molar-refractivity contribution in [3.63, 3.8) is 0 Å². The smallest absolute Gasteiger partial charge is 0.226 e. The average molecular weight is 441 g/mol. The van der Waals surface area contributed by atoms with Crippen LogP contribution in [0.25, 0.3) is 11.0 Å². The predicted octanol–water partition coefficient (Wildman–Crippen LogP) is 2.70. The lowest BCUT2D eigenvalue weighted by Crippen LogP contribution is -2.39. The zero-order valence-corrected chi connectivity index (χ0v) is 18.9. The Balaban J connectivity index is 1.40. The summed E-state index contributed by atoms with van der Waals surface area (Å²) in [6.07, 6.45) is 3.11. The summed E-state index contributed by atoms with van der Waals surface area (Å²) in [5.74, 6) is 0.961. The maximum Gasteiger partial charge on any atom is 0.226 e. The van der Waals surface area contributed by atoms with Gasteiger partial charge in [0, 0.05) is 37.6 Å². The maximum absolute atomic E-state index is 11.8. The quantitative estimate of drug-likeness (QED) is 0.622. The fourth-order valence-corrected chi connectivity index (χ4v) is 4.82. The Kier molecular flexibility index (Phi) is 5.81. The minimum atomic E-state index is -3.19. The van der Waals surface area contributed by atoms with Crippen molar-refractivity contribution in [1.82, 2.24) is 19.9 Å². The highest BCUT2D eigenvalue weighted by Gasteiger charge is 2.21. The summed E-state index contributed by atoms with van der Waals surface area (Å²) in [6, 6.07) is 9.42. The van der Waals surface area contributed by atoms with Crippen LogP contribution in [-0.2, 0) is 16.4 Å². The molecule has 1 aromatic carbocycles. The molecule has 1 fully saturated rings. The van der Waals surface area contributed by atoms with Gasteiger partial charge in [0.15, 0.2) is 15.5 Å². The van der Waals surface area contributed by atoms with Gasteiger partial charge in [0.25, 0.3) is 0 Å². The van der Waals surface area contributed by atoms with E-state index in [1.165, 1.54) is 6.26 Å². The second kappa shape index (κ2) is 8.39. The maximum atomic E-state index is 11.8. The molecule has 0 aliphatic carbocycles.